The Morgan fingerprint density at radius 1 is 0.889 bits per heavy atom. The molecule has 0 amide bonds. The summed E-state index contributed by atoms with van der Waals surface area (Å²) in [6.07, 6.45) is 1.03. The van der Waals surface area contributed by atoms with Gasteiger partial charge in [0, 0.05) is 32.7 Å². The summed E-state index contributed by atoms with van der Waals surface area (Å²) in [5.41, 5.74) is 3.72. The summed E-state index contributed by atoms with van der Waals surface area (Å²) in [7, 11) is 0. The molecule has 0 saturated carbocycles. The highest BCUT2D eigenvalue weighted by Crippen LogP contribution is 2.29. The monoisotopic (exact) mass is 365 g/mol. The maximum atomic E-state index is 5.31. The zero-order valence-electron chi connectivity index (χ0n) is 16.6. The van der Waals surface area contributed by atoms with Crippen LogP contribution in [0.4, 0.5) is 0 Å². The number of piperazine rings is 1. The molecule has 3 rings (SSSR count). The van der Waals surface area contributed by atoms with E-state index in [9.17, 15) is 0 Å². The minimum Gasteiger partial charge on any atom is -0.396 e. The van der Waals surface area contributed by atoms with Gasteiger partial charge in [-0.15, -0.1) is 0 Å². The van der Waals surface area contributed by atoms with Crippen molar-refractivity contribution in [2.45, 2.75) is 26.3 Å². The zero-order valence-corrected chi connectivity index (χ0v) is 16.6. The molecular weight excluding hydrogens is 334 g/mol. The van der Waals surface area contributed by atoms with Gasteiger partial charge in [0.25, 0.3) is 0 Å². The van der Waals surface area contributed by atoms with E-state index in [0.29, 0.717) is 12.6 Å². The van der Waals surface area contributed by atoms with Gasteiger partial charge >= 0.3 is 0 Å². The van der Waals surface area contributed by atoms with E-state index in [0.717, 1.165) is 44.9 Å². The smallest absolute Gasteiger partial charge is 0.118 e. The Labute approximate surface area is 163 Å². The quantitative estimate of drug-likeness (QED) is 0.399. The highest BCUT2D eigenvalue weighted by atomic mass is 16.6. The van der Waals surface area contributed by atoms with Crippen LogP contribution in [-0.2, 0) is 4.84 Å². The van der Waals surface area contributed by atoms with Crippen LogP contribution in [0.5, 0.6) is 0 Å². The first-order valence-corrected chi connectivity index (χ1v) is 9.93. The third-order valence-corrected chi connectivity index (χ3v) is 4.96. The Kier molecular flexibility index (Phi) is 7.43. The number of rotatable bonds is 8. The Morgan fingerprint density at radius 2 is 1.44 bits per heavy atom. The van der Waals surface area contributed by atoms with Crippen molar-refractivity contribution in [3.05, 3.63) is 71.8 Å². The van der Waals surface area contributed by atoms with Gasteiger partial charge in [0.1, 0.15) is 6.61 Å². The van der Waals surface area contributed by atoms with E-state index in [4.69, 9.17) is 4.84 Å². The van der Waals surface area contributed by atoms with Crippen LogP contribution in [0.2, 0.25) is 0 Å². The van der Waals surface area contributed by atoms with Crippen molar-refractivity contribution in [2.75, 3.05) is 39.3 Å². The van der Waals surface area contributed by atoms with Crippen LogP contribution in [0.1, 0.15) is 37.4 Å². The average Bonchev–Trinajstić information content (AvgIpc) is 2.70. The molecule has 2 aromatic rings. The third kappa shape index (κ3) is 5.91. The van der Waals surface area contributed by atoms with Gasteiger partial charge in [0.15, 0.2) is 0 Å². The number of nitrogens with zero attached hydrogens (tertiary/aromatic N) is 3. The van der Waals surface area contributed by atoms with Crippen LogP contribution in [0.15, 0.2) is 65.8 Å². The molecule has 2 aromatic carbocycles. The standard InChI is InChI=1S/C23H31N3O/c1-20(2)24-27-19-9-14-25-15-17-26(18-16-25)23(21-10-5-3-6-11-21)22-12-7-4-8-13-22/h3-8,10-13,23H,9,14-19H2,1-2H3. The van der Waals surface area contributed by atoms with Crippen LogP contribution in [-0.4, -0.2) is 54.8 Å². The van der Waals surface area contributed by atoms with E-state index in [1.54, 1.807) is 0 Å². The van der Waals surface area contributed by atoms with Gasteiger partial charge in [-0.3, -0.25) is 4.90 Å². The Hall–Kier alpha value is -2.17. The van der Waals surface area contributed by atoms with Crippen LogP contribution < -0.4 is 0 Å². The number of hydrogen-bond donors (Lipinski definition) is 0. The van der Waals surface area contributed by atoms with E-state index in [2.05, 4.69) is 75.6 Å². The summed E-state index contributed by atoms with van der Waals surface area (Å²) >= 11 is 0. The first-order valence-electron chi connectivity index (χ1n) is 9.93. The molecule has 1 saturated heterocycles. The summed E-state index contributed by atoms with van der Waals surface area (Å²) in [5, 5.41) is 4.00. The van der Waals surface area contributed by atoms with Gasteiger partial charge in [-0.05, 0) is 31.4 Å². The third-order valence-electron chi connectivity index (χ3n) is 4.96. The first-order chi connectivity index (χ1) is 13.2. The van der Waals surface area contributed by atoms with Gasteiger partial charge in [0.2, 0.25) is 0 Å². The van der Waals surface area contributed by atoms with Crippen LogP contribution in [0.25, 0.3) is 0 Å². The van der Waals surface area contributed by atoms with Crippen molar-refractivity contribution in [2.24, 2.45) is 5.16 Å². The molecule has 0 aliphatic carbocycles. The van der Waals surface area contributed by atoms with Crippen LogP contribution in [0, 0.1) is 0 Å². The fraction of sp³-hybridized carbons (Fsp3) is 0.435. The van der Waals surface area contributed by atoms with Crippen molar-refractivity contribution in [3.63, 3.8) is 0 Å². The van der Waals surface area contributed by atoms with E-state index in [1.807, 2.05) is 13.8 Å². The van der Waals surface area contributed by atoms with Crippen molar-refractivity contribution in [3.8, 4) is 0 Å². The predicted octanol–water partition coefficient (Wildman–Crippen LogP) is 4.20. The Balaban J connectivity index is 1.56. The summed E-state index contributed by atoms with van der Waals surface area (Å²) in [6, 6.07) is 22.1. The topological polar surface area (TPSA) is 28.1 Å². The fourth-order valence-corrected chi connectivity index (χ4v) is 3.66. The van der Waals surface area contributed by atoms with E-state index >= 15 is 0 Å². The average molecular weight is 366 g/mol. The lowest BCUT2D eigenvalue weighted by atomic mass is 9.96. The molecule has 1 fully saturated rings. The lowest BCUT2D eigenvalue weighted by Gasteiger charge is -2.39. The highest BCUT2D eigenvalue weighted by molar-refractivity contribution is 5.78. The molecule has 0 radical (unpaired) electrons. The molecule has 27 heavy (non-hydrogen) atoms. The summed E-state index contributed by atoms with van der Waals surface area (Å²) in [6.45, 7) is 10.1. The van der Waals surface area contributed by atoms with Gasteiger partial charge in [0.05, 0.1) is 11.8 Å². The molecule has 1 aliphatic rings. The molecule has 0 spiro atoms. The molecule has 4 heteroatoms. The van der Waals surface area contributed by atoms with Crippen molar-refractivity contribution in [1.29, 1.82) is 0 Å². The van der Waals surface area contributed by atoms with Crippen molar-refractivity contribution >= 4 is 5.71 Å². The van der Waals surface area contributed by atoms with Crippen LogP contribution in [0.3, 0.4) is 0 Å². The molecule has 0 unspecified atom stereocenters. The van der Waals surface area contributed by atoms with Crippen molar-refractivity contribution in [1.82, 2.24) is 9.80 Å². The molecule has 1 aliphatic heterocycles. The van der Waals surface area contributed by atoms with Gasteiger partial charge in [-0.2, -0.15) is 0 Å². The maximum Gasteiger partial charge on any atom is 0.118 e. The highest BCUT2D eigenvalue weighted by Gasteiger charge is 2.25. The summed E-state index contributed by atoms with van der Waals surface area (Å²) < 4.78 is 0. The lowest BCUT2D eigenvalue weighted by Crippen LogP contribution is -2.48. The molecule has 0 bridgehead atoms. The molecule has 0 aromatic heterocycles. The van der Waals surface area contributed by atoms with E-state index in [-0.39, 0.29) is 0 Å². The van der Waals surface area contributed by atoms with Gasteiger partial charge in [-0.25, -0.2) is 0 Å². The zero-order chi connectivity index (χ0) is 18.9. The maximum absolute atomic E-state index is 5.31. The summed E-state index contributed by atoms with van der Waals surface area (Å²) in [4.78, 5) is 10.5. The molecule has 4 nitrogen and oxygen atoms in total. The normalized spacial score (nSPS) is 15.7. The largest absolute Gasteiger partial charge is 0.396 e. The molecule has 1 heterocycles. The number of hydrogen-bond acceptors (Lipinski definition) is 4. The summed E-state index contributed by atoms with van der Waals surface area (Å²) in [5.74, 6) is 0. The number of benzene rings is 2. The minimum absolute atomic E-state index is 0.333. The van der Waals surface area contributed by atoms with Gasteiger partial charge < -0.3 is 9.74 Å². The second-order valence-electron chi connectivity index (χ2n) is 7.33. The van der Waals surface area contributed by atoms with E-state index < -0.39 is 0 Å². The second-order valence-corrected chi connectivity index (χ2v) is 7.33. The predicted molar refractivity (Wildman–Crippen MR) is 112 cm³/mol. The van der Waals surface area contributed by atoms with E-state index in [1.165, 1.54) is 11.1 Å². The molecule has 0 atom stereocenters. The molecular formula is C23H31N3O. The Morgan fingerprint density at radius 3 is 1.96 bits per heavy atom. The Bertz CT molecular complexity index is 651. The fourth-order valence-electron chi connectivity index (χ4n) is 3.66. The van der Waals surface area contributed by atoms with Crippen LogP contribution >= 0.6 is 0 Å². The SMILES string of the molecule is CC(C)=NOCCCN1CCN(C(c2ccccc2)c2ccccc2)CC1. The van der Waals surface area contributed by atoms with Crippen molar-refractivity contribution < 1.29 is 4.84 Å². The molecule has 144 valence electrons. The minimum atomic E-state index is 0.333. The number of oxime groups is 1. The first kappa shape index (κ1) is 19.6. The second kappa shape index (κ2) is 10.2. The molecule has 0 N–H and O–H groups in total. The lowest BCUT2D eigenvalue weighted by molar-refractivity contribution is 0.0905. The van der Waals surface area contributed by atoms with Gasteiger partial charge in [-0.1, -0.05) is 65.8 Å².